The number of fused-ring (bicyclic) bond motifs is 3. The van der Waals surface area contributed by atoms with E-state index in [0.717, 1.165) is 48.4 Å². The maximum absolute atomic E-state index is 12.7. The van der Waals surface area contributed by atoms with Gasteiger partial charge >= 0.3 is 6.09 Å². The van der Waals surface area contributed by atoms with Gasteiger partial charge in [0.1, 0.15) is 12.2 Å². The molecule has 10 heteroatoms. The largest absolute Gasteiger partial charge is 0.449 e. The van der Waals surface area contributed by atoms with E-state index in [2.05, 4.69) is 41.2 Å². The summed E-state index contributed by atoms with van der Waals surface area (Å²) in [5.41, 5.74) is 1.49. The molecule has 3 aromatic rings. The Morgan fingerprint density at radius 3 is 2.92 bits per heavy atom. The predicted octanol–water partition coefficient (Wildman–Crippen LogP) is 5.00. The van der Waals surface area contributed by atoms with E-state index in [1.54, 1.807) is 17.3 Å². The van der Waals surface area contributed by atoms with Crippen molar-refractivity contribution in [2.24, 2.45) is 11.8 Å². The lowest BCUT2D eigenvalue weighted by Gasteiger charge is -2.37. The van der Waals surface area contributed by atoms with Crippen LogP contribution < -0.4 is 5.32 Å². The molecule has 0 bridgehead atoms. The number of amides is 2. The Morgan fingerprint density at radius 2 is 2.17 bits per heavy atom. The van der Waals surface area contributed by atoms with Gasteiger partial charge < -0.3 is 9.64 Å². The Balaban J connectivity index is 1.63. The Kier molecular flexibility index (Phi) is 8.08. The molecular weight excluding hydrogens is 458 g/mol. The first-order valence-electron chi connectivity index (χ1n) is 12.9. The van der Waals surface area contributed by atoms with Gasteiger partial charge in [-0.05, 0) is 30.7 Å². The average molecular weight is 494 g/mol. The van der Waals surface area contributed by atoms with E-state index >= 15 is 0 Å². The SMILES string of the molecule is CCCCC(CC)COC(=O)Nc1[nH]n([C@H]2CN(C(=O)CC#N)CC[C@H]2C)c2c1cnc1nccc12. The molecule has 1 unspecified atom stereocenters. The molecular formula is C26H35N7O3. The first-order valence-corrected chi connectivity index (χ1v) is 12.9. The monoisotopic (exact) mass is 493 g/mol. The van der Waals surface area contributed by atoms with Crippen molar-refractivity contribution < 1.29 is 14.3 Å². The lowest BCUT2D eigenvalue weighted by molar-refractivity contribution is -0.132. The van der Waals surface area contributed by atoms with E-state index < -0.39 is 6.09 Å². The van der Waals surface area contributed by atoms with E-state index in [1.807, 2.05) is 16.8 Å². The minimum absolute atomic E-state index is 0.0746. The highest BCUT2D eigenvalue weighted by atomic mass is 16.5. The van der Waals surface area contributed by atoms with Gasteiger partial charge in [0.15, 0.2) is 5.65 Å². The maximum Gasteiger partial charge on any atom is 0.412 e. The number of nitrogens with one attached hydrogen (secondary N) is 2. The van der Waals surface area contributed by atoms with Crippen molar-refractivity contribution in [3.63, 3.8) is 0 Å². The van der Waals surface area contributed by atoms with Gasteiger partial charge in [0.05, 0.1) is 29.6 Å². The van der Waals surface area contributed by atoms with Crippen LogP contribution >= 0.6 is 0 Å². The van der Waals surface area contributed by atoms with Crippen LogP contribution in [0.2, 0.25) is 0 Å². The van der Waals surface area contributed by atoms with E-state index in [4.69, 9.17) is 10.00 Å². The summed E-state index contributed by atoms with van der Waals surface area (Å²) in [5, 5.41) is 16.8. The van der Waals surface area contributed by atoms with Gasteiger partial charge in [-0.15, -0.1) is 0 Å². The van der Waals surface area contributed by atoms with E-state index in [0.29, 0.717) is 37.1 Å². The molecule has 10 nitrogen and oxygen atoms in total. The summed E-state index contributed by atoms with van der Waals surface area (Å²) >= 11 is 0. The number of piperidine rings is 1. The van der Waals surface area contributed by atoms with Gasteiger partial charge in [-0.1, -0.05) is 40.0 Å². The second kappa shape index (κ2) is 11.4. The number of hydrogen-bond acceptors (Lipinski definition) is 6. The van der Waals surface area contributed by atoms with Crippen molar-refractivity contribution in [1.29, 1.82) is 5.26 Å². The zero-order valence-corrected chi connectivity index (χ0v) is 21.3. The van der Waals surface area contributed by atoms with Crippen LogP contribution in [0.25, 0.3) is 21.9 Å². The van der Waals surface area contributed by atoms with Crippen LogP contribution in [0.4, 0.5) is 10.6 Å². The molecule has 3 atom stereocenters. The highest BCUT2D eigenvalue weighted by Crippen LogP contribution is 2.36. The molecule has 2 amide bonds. The van der Waals surface area contributed by atoms with Gasteiger partial charge in [-0.2, -0.15) is 5.26 Å². The zero-order chi connectivity index (χ0) is 25.7. The number of nitrogens with zero attached hydrogens (tertiary/aromatic N) is 5. The Bertz CT molecular complexity index is 1260. The minimum Gasteiger partial charge on any atom is -0.449 e. The molecule has 1 aliphatic rings. The number of carbonyl (C=O) groups is 2. The van der Waals surface area contributed by atoms with Crippen LogP contribution in [-0.2, 0) is 9.53 Å². The van der Waals surface area contributed by atoms with Crippen LogP contribution in [-0.4, -0.2) is 56.3 Å². The number of anilines is 1. The molecule has 0 aromatic carbocycles. The zero-order valence-electron chi connectivity index (χ0n) is 21.3. The summed E-state index contributed by atoms with van der Waals surface area (Å²) in [6, 6.07) is 3.79. The van der Waals surface area contributed by atoms with Gasteiger partial charge in [-0.25, -0.2) is 14.8 Å². The van der Waals surface area contributed by atoms with Crippen molar-refractivity contribution in [1.82, 2.24) is 24.6 Å². The van der Waals surface area contributed by atoms with Crippen molar-refractivity contribution in [3.05, 3.63) is 18.5 Å². The number of carbonyl (C=O) groups excluding carboxylic acids is 2. The summed E-state index contributed by atoms with van der Waals surface area (Å²) in [5.74, 6) is 0.943. The van der Waals surface area contributed by atoms with E-state index in [9.17, 15) is 9.59 Å². The first-order chi connectivity index (χ1) is 17.5. The third kappa shape index (κ3) is 5.30. The molecule has 36 heavy (non-hydrogen) atoms. The topological polar surface area (TPSA) is 129 Å². The summed E-state index contributed by atoms with van der Waals surface area (Å²) in [7, 11) is 0. The van der Waals surface area contributed by atoms with Gasteiger partial charge in [-0.3, -0.25) is 19.9 Å². The molecule has 2 N–H and O–H groups in total. The fraction of sp³-hybridized carbons (Fsp3) is 0.577. The number of nitriles is 1. The molecule has 1 saturated heterocycles. The average Bonchev–Trinajstić information content (AvgIpc) is 3.49. The number of aromatic amines is 1. The Labute approximate surface area is 211 Å². The molecule has 192 valence electrons. The Morgan fingerprint density at radius 1 is 1.33 bits per heavy atom. The quantitative estimate of drug-likeness (QED) is 0.431. The third-order valence-corrected chi connectivity index (χ3v) is 7.30. The van der Waals surface area contributed by atoms with Crippen LogP contribution in [0, 0.1) is 23.2 Å². The second-order valence-electron chi connectivity index (χ2n) is 9.71. The number of pyridine rings is 1. The molecule has 0 aliphatic carbocycles. The Hall–Kier alpha value is -3.61. The number of aromatic nitrogens is 4. The fourth-order valence-electron chi connectivity index (χ4n) is 4.99. The fourth-order valence-corrected chi connectivity index (χ4v) is 4.99. The molecule has 0 saturated carbocycles. The summed E-state index contributed by atoms with van der Waals surface area (Å²) in [4.78, 5) is 35.8. The standard InChI is InChI=1S/C26H35N7O3/c1-4-6-7-18(5-2)16-36-26(35)30-25-20-14-29-24-19(9-12-28-24)23(20)33(31-25)21-15-32(13-10-17(21)3)22(34)8-11-27/h9,12,14,17-18,21,31H,4-8,10,13,15-16H2,1-3H3,(H,30,35)/t17-,18?,21+/m1/s1. The number of hydrogen-bond donors (Lipinski definition) is 2. The number of H-pyrrole nitrogens is 1. The van der Waals surface area contributed by atoms with Crippen LogP contribution in [0.1, 0.15) is 65.3 Å². The van der Waals surface area contributed by atoms with E-state index in [-0.39, 0.29) is 24.3 Å². The van der Waals surface area contributed by atoms with Crippen LogP contribution in [0.15, 0.2) is 18.5 Å². The third-order valence-electron chi connectivity index (χ3n) is 7.30. The number of rotatable bonds is 9. The highest BCUT2D eigenvalue weighted by molar-refractivity contribution is 6.08. The first kappa shape index (κ1) is 25.5. The normalized spacial score (nSPS) is 18.8. The molecule has 0 spiro atoms. The van der Waals surface area contributed by atoms with E-state index in [1.165, 1.54) is 0 Å². The molecule has 3 aromatic heterocycles. The summed E-state index contributed by atoms with van der Waals surface area (Å²) in [6.07, 6.45) is 7.83. The maximum atomic E-state index is 12.7. The van der Waals surface area contributed by atoms with Gasteiger partial charge in [0.25, 0.3) is 0 Å². The minimum atomic E-state index is -0.511. The lowest BCUT2D eigenvalue weighted by Crippen LogP contribution is -2.44. The second-order valence-corrected chi connectivity index (χ2v) is 9.71. The van der Waals surface area contributed by atoms with Crippen LogP contribution in [0.3, 0.4) is 0 Å². The smallest absolute Gasteiger partial charge is 0.412 e. The van der Waals surface area contributed by atoms with Crippen molar-refractivity contribution in [2.45, 2.75) is 65.3 Å². The van der Waals surface area contributed by atoms with Crippen LogP contribution in [0.5, 0.6) is 0 Å². The number of likely N-dealkylation sites (tertiary alicyclic amines) is 1. The lowest BCUT2D eigenvalue weighted by atomic mass is 9.93. The predicted molar refractivity (Wildman–Crippen MR) is 137 cm³/mol. The van der Waals surface area contributed by atoms with Gasteiger partial charge in [0.2, 0.25) is 5.91 Å². The number of unbranched alkanes of at least 4 members (excludes halogenated alkanes) is 1. The van der Waals surface area contributed by atoms with Crippen molar-refractivity contribution in [3.8, 4) is 6.07 Å². The summed E-state index contributed by atoms with van der Waals surface area (Å²) in [6.45, 7) is 7.90. The highest BCUT2D eigenvalue weighted by Gasteiger charge is 2.32. The molecule has 4 rings (SSSR count). The van der Waals surface area contributed by atoms with Gasteiger partial charge in [0, 0.05) is 30.9 Å². The molecule has 4 heterocycles. The molecule has 1 fully saturated rings. The van der Waals surface area contributed by atoms with Crippen molar-refractivity contribution >= 4 is 39.8 Å². The molecule has 1 aliphatic heterocycles. The molecule has 0 radical (unpaired) electrons. The summed E-state index contributed by atoms with van der Waals surface area (Å²) < 4.78 is 7.59. The van der Waals surface area contributed by atoms with Crippen molar-refractivity contribution in [2.75, 3.05) is 25.0 Å². The number of ether oxygens (including phenoxy) is 1.